The number of rotatable bonds is 20. The van der Waals surface area contributed by atoms with Gasteiger partial charge >= 0.3 is 30.9 Å². The van der Waals surface area contributed by atoms with E-state index < -0.39 is 24.1 Å². The molecule has 2 fully saturated rings. The number of unbranched alkanes of at least 4 members (excludes halogenated alkanes) is 1. The van der Waals surface area contributed by atoms with Gasteiger partial charge in [0.2, 0.25) is 5.91 Å². The number of hydrogen-bond acceptors (Lipinski definition) is 8. The van der Waals surface area contributed by atoms with Crippen LogP contribution in [0.4, 0.5) is 4.79 Å². The Balaban J connectivity index is 0.0000120. The molecule has 12 heteroatoms. The molecule has 11 nitrogen and oxygen atoms in total. The summed E-state index contributed by atoms with van der Waals surface area (Å²) >= 11 is 0. The Hall–Kier alpha value is -1.87. The summed E-state index contributed by atoms with van der Waals surface area (Å²) in [6.45, 7) is 20.8. The number of nitrogens with zero attached hydrogens (tertiary/aromatic N) is 1. The minimum atomic E-state index is -0.773. The SMILES string of the molecule is [CH2-]CN(C[CH2-])C(=O)N[C@H](CCCCNC(=O)C[C@H]1CC[C@H](C)[C@@H](/C(C)=C/C=C/[C@@H](C)C[C@@]2(C)O[C@@H]2[C@H](C)[C@@H](OC)[C@@H](C)O)O1)C(=O)OC.[CH3-].[Li+]. The van der Waals surface area contributed by atoms with Crippen LogP contribution in [0.25, 0.3) is 0 Å². The van der Waals surface area contributed by atoms with E-state index in [0.29, 0.717) is 44.1 Å². The second kappa shape index (κ2) is 23.6. The number of esters is 1. The van der Waals surface area contributed by atoms with Crippen molar-refractivity contribution in [3.05, 3.63) is 45.1 Å². The summed E-state index contributed by atoms with van der Waals surface area (Å²) in [6, 6.07) is -1.18. The summed E-state index contributed by atoms with van der Waals surface area (Å²) in [5, 5.41) is 15.7. The van der Waals surface area contributed by atoms with Crippen molar-refractivity contribution in [1.29, 1.82) is 0 Å². The van der Waals surface area contributed by atoms with E-state index in [4.69, 9.17) is 18.9 Å². The van der Waals surface area contributed by atoms with Gasteiger partial charge in [-0.25, -0.2) is 9.59 Å². The number of epoxide rings is 1. The normalized spacial score (nSPS) is 26.3. The van der Waals surface area contributed by atoms with E-state index in [0.717, 1.165) is 24.8 Å². The second-order valence-corrected chi connectivity index (χ2v) is 13.9. The molecule has 0 aromatic carbocycles. The van der Waals surface area contributed by atoms with Crippen LogP contribution in [0.5, 0.6) is 0 Å². The molecule has 0 radical (unpaired) electrons. The molecule has 0 spiro atoms. The standard InChI is InChI=1S/C37H63N3O8.CH3.Li/c1-11-40(12-2)36(44)39-30(35(43)46-10)18-13-14-21-38-31(42)22-29-20-19-26(5)32(47-29)25(4)17-15-16-24(3)23-37(8)34(48-37)27(6)33(45-9)28(7)41;;/h15-17,24,26-30,32-34,41H,1-2,11-14,18-23H2,3-10H3,(H,38,42)(H,39,44);1H3;/q-2;-1;+1/b16-15+,25-17+;;/t24-,26+,27-,28-,29-,30-,32-,33-,34-,37-;;/m1../s1. The fourth-order valence-electron chi connectivity index (χ4n) is 6.95. The van der Waals surface area contributed by atoms with Crippen LogP contribution in [0.1, 0.15) is 86.5 Å². The van der Waals surface area contributed by atoms with E-state index in [9.17, 15) is 19.5 Å². The molecule has 3 amide bonds. The van der Waals surface area contributed by atoms with Crippen molar-refractivity contribution in [3.63, 3.8) is 0 Å². The summed E-state index contributed by atoms with van der Waals surface area (Å²) in [7, 11) is 2.92. The van der Waals surface area contributed by atoms with Crippen LogP contribution < -0.4 is 29.5 Å². The first-order valence-corrected chi connectivity index (χ1v) is 17.6. The zero-order chi connectivity index (χ0) is 36.0. The molecular formula is C38H66LiN3O8-2. The quantitative estimate of drug-likeness (QED) is 0.0440. The zero-order valence-electron chi connectivity index (χ0n) is 32.7. The van der Waals surface area contributed by atoms with Gasteiger partial charge in [0.25, 0.3) is 0 Å². The fourth-order valence-corrected chi connectivity index (χ4v) is 6.95. The van der Waals surface area contributed by atoms with Crippen LogP contribution in [0.2, 0.25) is 0 Å². The minimum Gasteiger partial charge on any atom is -0.467 e. The van der Waals surface area contributed by atoms with Crippen LogP contribution in [0.15, 0.2) is 23.8 Å². The Kier molecular flexibility index (Phi) is 22.8. The smallest absolute Gasteiger partial charge is 0.467 e. The van der Waals surface area contributed by atoms with E-state index in [1.807, 2.05) is 0 Å². The first kappa shape index (κ1) is 48.1. The van der Waals surface area contributed by atoms with Gasteiger partial charge in [-0.15, -0.1) is 13.1 Å². The number of urea groups is 1. The molecule has 2 rings (SSSR count). The number of nitrogens with one attached hydrogen (secondary N) is 2. The molecule has 2 aliphatic rings. The Labute approximate surface area is 315 Å². The largest absolute Gasteiger partial charge is 1.00 e. The van der Waals surface area contributed by atoms with Gasteiger partial charge in [0, 0.05) is 19.6 Å². The molecule has 0 aromatic rings. The average Bonchev–Trinajstić information content (AvgIpc) is 3.71. The van der Waals surface area contributed by atoms with E-state index in [1.165, 1.54) is 12.0 Å². The predicted molar refractivity (Wildman–Crippen MR) is 193 cm³/mol. The molecular weight excluding hydrogens is 633 g/mol. The molecule has 2 aliphatic heterocycles. The van der Waals surface area contributed by atoms with Crippen LogP contribution >= 0.6 is 0 Å². The van der Waals surface area contributed by atoms with Gasteiger partial charge in [-0.3, -0.25) is 4.79 Å². The number of carbonyl (C=O) groups excluding carboxylic acids is 3. The Morgan fingerprint density at radius 3 is 2.36 bits per heavy atom. The van der Waals surface area contributed by atoms with Crippen molar-refractivity contribution < 1.29 is 57.3 Å². The molecule has 0 aromatic heterocycles. The van der Waals surface area contributed by atoms with Gasteiger partial charge in [-0.1, -0.05) is 39.0 Å². The summed E-state index contributed by atoms with van der Waals surface area (Å²) in [5.74, 6) is 0.185. The number of carbonyl (C=O) groups is 3. The van der Waals surface area contributed by atoms with Crippen molar-refractivity contribution >= 4 is 17.9 Å². The monoisotopic (exact) mass is 700 g/mol. The number of aliphatic hydroxyl groups is 1. The number of amides is 3. The molecule has 0 unspecified atom stereocenters. The molecule has 0 bridgehead atoms. The number of allylic oxidation sites excluding steroid dienone is 3. The maximum Gasteiger partial charge on any atom is 1.00 e. The first-order valence-electron chi connectivity index (χ1n) is 17.6. The zero-order valence-corrected chi connectivity index (χ0v) is 32.7. The van der Waals surface area contributed by atoms with Crippen LogP contribution in [-0.2, 0) is 28.5 Å². The van der Waals surface area contributed by atoms with Crippen LogP contribution in [0, 0.1) is 39.0 Å². The maximum atomic E-state index is 12.7. The number of ether oxygens (including phenoxy) is 4. The van der Waals surface area contributed by atoms with E-state index >= 15 is 0 Å². The van der Waals surface area contributed by atoms with Crippen molar-refractivity contribution in [2.24, 2.45) is 17.8 Å². The third-order valence-corrected chi connectivity index (χ3v) is 9.72. The van der Waals surface area contributed by atoms with E-state index in [2.05, 4.69) is 77.3 Å². The topological polar surface area (TPSA) is 139 Å². The van der Waals surface area contributed by atoms with Gasteiger partial charge in [-0.05, 0) is 76.7 Å². The van der Waals surface area contributed by atoms with Crippen molar-refractivity contribution in [2.45, 2.75) is 129 Å². The predicted octanol–water partition coefficient (Wildman–Crippen LogP) is 2.24. The second-order valence-electron chi connectivity index (χ2n) is 13.9. The van der Waals surface area contributed by atoms with Crippen LogP contribution in [0.3, 0.4) is 0 Å². The van der Waals surface area contributed by atoms with Gasteiger partial charge < -0.3 is 60.9 Å². The molecule has 2 heterocycles. The first-order chi connectivity index (χ1) is 22.7. The Morgan fingerprint density at radius 1 is 1.12 bits per heavy atom. The van der Waals surface area contributed by atoms with Crippen molar-refractivity contribution in [2.75, 3.05) is 33.9 Å². The summed E-state index contributed by atoms with van der Waals surface area (Å²) in [5.41, 5.74) is 0.907. The summed E-state index contributed by atoms with van der Waals surface area (Å²) < 4.78 is 22.9. The Morgan fingerprint density at radius 2 is 1.78 bits per heavy atom. The molecule has 2 saturated heterocycles. The third-order valence-electron chi connectivity index (χ3n) is 9.72. The van der Waals surface area contributed by atoms with Gasteiger partial charge in [-0.2, -0.15) is 0 Å². The Bertz CT molecular complexity index is 1080. The maximum absolute atomic E-state index is 12.7. The molecule has 0 aliphatic carbocycles. The van der Waals surface area contributed by atoms with E-state index in [-0.39, 0.29) is 81.2 Å². The minimum absolute atomic E-state index is 0. The summed E-state index contributed by atoms with van der Waals surface area (Å²) in [6.07, 6.45) is 10.1. The van der Waals surface area contributed by atoms with Gasteiger partial charge in [0.05, 0.1) is 49.7 Å². The molecule has 10 atom stereocenters. The average molecular weight is 700 g/mol. The van der Waals surface area contributed by atoms with Gasteiger partial charge in [0.1, 0.15) is 6.04 Å². The van der Waals surface area contributed by atoms with E-state index in [1.54, 1.807) is 14.0 Å². The third kappa shape index (κ3) is 15.0. The van der Waals surface area contributed by atoms with Crippen molar-refractivity contribution in [1.82, 2.24) is 15.5 Å². The van der Waals surface area contributed by atoms with Gasteiger partial charge in [0.15, 0.2) is 0 Å². The summed E-state index contributed by atoms with van der Waals surface area (Å²) in [4.78, 5) is 38.6. The molecule has 284 valence electrons. The molecule has 3 N–H and O–H groups in total. The number of methoxy groups -OCH3 is 2. The molecule has 50 heavy (non-hydrogen) atoms. The fraction of sp³-hybridized carbons (Fsp3) is 0.737. The van der Waals surface area contributed by atoms with Crippen molar-refractivity contribution in [3.8, 4) is 0 Å². The number of hydrogen-bond donors (Lipinski definition) is 3. The molecule has 0 saturated carbocycles. The van der Waals surface area contributed by atoms with Crippen LogP contribution in [-0.4, -0.2) is 104 Å². The number of aliphatic hydroxyl groups excluding tert-OH is 1.